The first-order valence-electron chi connectivity index (χ1n) is 9.25. The molecule has 0 saturated carbocycles. The van der Waals surface area contributed by atoms with Crippen molar-refractivity contribution in [2.24, 2.45) is 0 Å². The molecule has 0 aliphatic heterocycles. The molecule has 0 unspecified atom stereocenters. The Morgan fingerprint density at radius 1 is 0.857 bits per heavy atom. The summed E-state index contributed by atoms with van der Waals surface area (Å²) in [4.78, 5) is 12.3. The average molecular weight is 439 g/mol. The van der Waals surface area contributed by atoms with Gasteiger partial charge in [-0.05, 0) is 66.1 Å². The molecule has 5 heteroatoms. The summed E-state index contributed by atoms with van der Waals surface area (Å²) in [6.07, 6.45) is 0.951. The summed E-state index contributed by atoms with van der Waals surface area (Å²) in [5.74, 6) is 0.163. The molecule has 144 valence electrons. The Labute approximate surface area is 173 Å². The van der Waals surface area contributed by atoms with Gasteiger partial charge >= 0.3 is 0 Å². The third-order valence-corrected chi connectivity index (χ3v) is 4.91. The Morgan fingerprint density at radius 3 is 2.21 bits per heavy atom. The van der Waals surface area contributed by atoms with E-state index in [0.717, 1.165) is 35.1 Å². The zero-order chi connectivity index (χ0) is 19.8. The molecule has 3 aromatic carbocycles. The SMILES string of the molecule is O=C(NCCNCCc1cccc(Br)c1)c1ccc(-c2ccc(O)cc2)cc1. The molecule has 0 saturated heterocycles. The van der Waals surface area contributed by atoms with Crippen LogP contribution in [0.2, 0.25) is 0 Å². The highest BCUT2D eigenvalue weighted by Gasteiger charge is 2.05. The molecule has 0 fully saturated rings. The molecule has 0 bridgehead atoms. The quantitative estimate of drug-likeness (QED) is 0.457. The number of phenolic OH excluding ortho intramolecular Hbond substituents is 1. The number of aromatic hydroxyl groups is 1. The molecular weight excluding hydrogens is 416 g/mol. The van der Waals surface area contributed by atoms with E-state index < -0.39 is 0 Å². The highest BCUT2D eigenvalue weighted by Crippen LogP contribution is 2.22. The molecule has 0 spiro atoms. The van der Waals surface area contributed by atoms with Crippen LogP contribution in [0.4, 0.5) is 0 Å². The Bertz CT molecular complexity index is 909. The van der Waals surface area contributed by atoms with Gasteiger partial charge in [0.15, 0.2) is 0 Å². The normalized spacial score (nSPS) is 10.6. The molecule has 0 aliphatic rings. The average Bonchev–Trinajstić information content (AvgIpc) is 2.71. The minimum Gasteiger partial charge on any atom is -0.508 e. The minimum atomic E-state index is -0.0777. The number of amides is 1. The fourth-order valence-corrected chi connectivity index (χ4v) is 3.33. The first kappa shape index (κ1) is 20.1. The maximum atomic E-state index is 12.3. The van der Waals surface area contributed by atoms with E-state index in [4.69, 9.17) is 0 Å². The van der Waals surface area contributed by atoms with Crippen LogP contribution in [0.25, 0.3) is 11.1 Å². The molecule has 4 nitrogen and oxygen atoms in total. The van der Waals surface area contributed by atoms with Gasteiger partial charge in [0.05, 0.1) is 0 Å². The minimum absolute atomic E-state index is 0.0777. The van der Waals surface area contributed by atoms with Crippen molar-refractivity contribution in [1.29, 1.82) is 0 Å². The summed E-state index contributed by atoms with van der Waals surface area (Å²) in [5.41, 5.74) is 3.92. The van der Waals surface area contributed by atoms with Crippen LogP contribution in [0.1, 0.15) is 15.9 Å². The second kappa shape index (κ2) is 10.1. The Balaban J connectivity index is 1.39. The van der Waals surface area contributed by atoms with Gasteiger partial charge in [-0.1, -0.05) is 52.3 Å². The van der Waals surface area contributed by atoms with Crippen LogP contribution in [-0.2, 0) is 6.42 Å². The third-order valence-electron chi connectivity index (χ3n) is 4.41. The molecule has 3 rings (SSSR count). The van der Waals surface area contributed by atoms with Crippen molar-refractivity contribution < 1.29 is 9.90 Å². The lowest BCUT2D eigenvalue weighted by atomic mass is 10.0. The standard InChI is InChI=1S/C23H23BrN2O2/c24-21-3-1-2-17(16-21)12-13-25-14-15-26-23(28)20-6-4-18(5-7-20)19-8-10-22(27)11-9-19/h1-11,16,25,27H,12-15H2,(H,26,28). The van der Waals surface area contributed by atoms with E-state index in [0.29, 0.717) is 12.1 Å². The molecule has 3 N–H and O–H groups in total. The largest absolute Gasteiger partial charge is 0.508 e. The van der Waals surface area contributed by atoms with Gasteiger partial charge in [0.25, 0.3) is 5.91 Å². The Hall–Kier alpha value is -2.63. The number of hydrogen-bond acceptors (Lipinski definition) is 3. The maximum absolute atomic E-state index is 12.3. The summed E-state index contributed by atoms with van der Waals surface area (Å²) in [6.45, 7) is 2.18. The molecule has 0 aromatic heterocycles. The first-order valence-corrected chi connectivity index (χ1v) is 10.0. The smallest absolute Gasteiger partial charge is 0.251 e. The van der Waals surface area contributed by atoms with Crippen molar-refractivity contribution in [2.75, 3.05) is 19.6 Å². The summed E-state index contributed by atoms with van der Waals surface area (Å²) in [7, 11) is 0. The Kier molecular flexibility index (Phi) is 7.23. The van der Waals surface area contributed by atoms with Crippen molar-refractivity contribution >= 4 is 21.8 Å². The number of nitrogens with one attached hydrogen (secondary N) is 2. The van der Waals surface area contributed by atoms with Crippen LogP contribution in [0, 0.1) is 0 Å². The molecule has 0 heterocycles. The topological polar surface area (TPSA) is 61.4 Å². The number of hydrogen-bond donors (Lipinski definition) is 3. The summed E-state index contributed by atoms with van der Waals surface area (Å²) < 4.78 is 1.09. The zero-order valence-corrected chi connectivity index (χ0v) is 17.1. The van der Waals surface area contributed by atoms with Crippen molar-refractivity contribution in [3.05, 3.63) is 88.4 Å². The Morgan fingerprint density at radius 2 is 1.54 bits per heavy atom. The van der Waals surface area contributed by atoms with Gasteiger partial charge in [0.1, 0.15) is 5.75 Å². The van der Waals surface area contributed by atoms with E-state index in [1.54, 1.807) is 12.1 Å². The van der Waals surface area contributed by atoms with E-state index >= 15 is 0 Å². The van der Waals surface area contributed by atoms with E-state index in [-0.39, 0.29) is 11.7 Å². The summed E-state index contributed by atoms with van der Waals surface area (Å²) in [5, 5.41) is 15.6. The number of halogens is 1. The molecule has 3 aromatic rings. The molecule has 0 radical (unpaired) electrons. The highest BCUT2D eigenvalue weighted by molar-refractivity contribution is 9.10. The van der Waals surface area contributed by atoms with Crippen LogP contribution >= 0.6 is 15.9 Å². The van der Waals surface area contributed by atoms with E-state index in [2.05, 4.69) is 38.7 Å². The second-order valence-electron chi connectivity index (χ2n) is 6.51. The predicted molar refractivity (Wildman–Crippen MR) is 117 cm³/mol. The zero-order valence-electron chi connectivity index (χ0n) is 15.5. The molecular formula is C23H23BrN2O2. The lowest BCUT2D eigenvalue weighted by Gasteiger charge is -2.08. The van der Waals surface area contributed by atoms with Crippen molar-refractivity contribution in [2.45, 2.75) is 6.42 Å². The van der Waals surface area contributed by atoms with Crippen molar-refractivity contribution in [1.82, 2.24) is 10.6 Å². The highest BCUT2D eigenvalue weighted by atomic mass is 79.9. The van der Waals surface area contributed by atoms with Gasteiger partial charge < -0.3 is 15.7 Å². The van der Waals surface area contributed by atoms with Gasteiger partial charge in [-0.25, -0.2) is 0 Å². The van der Waals surface area contributed by atoms with E-state index in [1.165, 1.54) is 5.56 Å². The fourth-order valence-electron chi connectivity index (χ4n) is 2.88. The number of carbonyl (C=O) groups excluding carboxylic acids is 1. The lowest BCUT2D eigenvalue weighted by Crippen LogP contribution is -2.32. The van der Waals surface area contributed by atoms with Gasteiger partial charge in [0.2, 0.25) is 0 Å². The summed E-state index contributed by atoms with van der Waals surface area (Å²) in [6, 6.07) is 22.7. The van der Waals surface area contributed by atoms with Crippen molar-refractivity contribution in [3.8, 4) is 16.9 Å². The summed E-state index contributed by atoms with van der Waals surface area (Å²) >= 11 is 3.48. The van der Waals surface area contributed by atoms with Crippen LogP contribution in [0.3, 0.4) is 0 Å². The van der Waals surface area contributed by atoms with Gasteiger partial charge in [-0.15, -0.1) is 0 Å². The van der Waals surface area contributed by atoms with Crippen LogP contribution in [-0.4, -0.2) is 30.6 Å². The molecule has 1 amide bonds. The molecule has 0 atom stereocenters. The van der Waals surface area contributed by atoms with Crippen LogP contribution < -0.4 is 10.6 Å². The number of rotatable bonds is 8. The molecule has 28 heavy (non-hydrogen) atoms. The van der Waals surface area contributed by atoms with Crippen molar-refractivity contribution in [3.63, 3.8) is 0 Å². The van der Waals surface area contributed by atoms with Gasteiger partial charge in [-0.2, -0.15) is 0 Å². The van der Waals surface area contributed by atoms with E-state index in [9.17, 15) is 9.90 Å². The number of carbonyl (C=O) groups is 1. The van der Waals surface area contributed by atoms with Crippen LogP contribution in [0.5, 0.6) is 5.75 Å². The van der Waals surface area contributed by atoms with Gasteiger partial charge in [0, 0.05) is 23.1 Å². The second-order valence-corrected chi connectivity index (χ2v) is 7.43. The predicted octanol–water partition coefficient (Wildman–Crippen LogP) is 4.38. The lowest BCUT2D eigenvalue weighted by molar-refractivity contribution is 0.0954. The first-order chi connectivity index (χ1) is 13.6. The number of phenols is 1. The fraction of sp³-hybridized carbons (Fsp3) is 0.174. The molecule has 0 aliphatic carbocycles. The monoisotopic (exact) mass is 438 g/mol. The van der Waals surface area contributed by atoms with E-state index in [1.807, 2.05) is 48.5 Å². The number of benzene rings is 3. The maximum Gasteiger partial charge on any atom is 0.251 e. The van der Waals surface area contributed by atoms with Crippen LogP contribution in [0.15, 0.2) is 77.3 Å². The third kappa shape index (κ3) is 5.94. The van der Waals surface area contributed by atoms with Gasteiger partial charge in [-0.3, -0.25) is 4.79 Å².